The smallest absolute Gasteiger partial charge is 0.428 e. The molecule has 1 aromatic heterocycles. The van der Waals surface area contributed by atoms with Gasteiger partial charge >= 0.3 is 6.16 Å². The summed E-state index contributed by atoms with van der Waals surface area (Å²) >= 11 is 6.25. The Bertz CT molecular complexity index is 353. The summed E-state index contributed by atoms with van der Waals surface area (Å²) in [6.45, 7) is 0.146. The zero-order valence-electron chi connectivity index (χ0n) is 6.11. The quantitative estimate of drug-likeness (QED) is 0.735. The Morgan fingerprint density at radius 3 is 2.77 bits per heavy atom. The first-order valence-corrected chi connectivity index (χ1v) is 4.86. The van der Waals surface area contributed by atoms with Crippen LogP contribution in [0.3, 0.4) is 0 Å². The molecule has 0 spiro atoms. The third kappa shape index (κ3) is 1.68. The maximum Gasteiger partial charge on any atom is 0.510 e. The van der Waals surface area contributed by atoms with E-state index >= 15 is 0 Å². The average Bonchev–Trinajstić information content (AvgIpc) is 2.58. The molecule has 1 aromatic rings. The van der Waals surface area contributed by atoms with Crippen LogP contribution in [0.25, 0.3) is 0 Å². The molecule has 0 aromatic carbocycles. The number of carbonyl (C=O) groups is 1. The Kier molecular flexibility index (Phi) is 2.24. The van der Waals surface area contributed by atoms with Crippen LogP contribution in [0.1, 0.15) is 6.23 Å². The Morgan fingerprint density at radius 2 is 2.31 bits per heavy atom. The molecule has 1 saturated heterocycles. The van der Waals surface area contributed by atoms with Crippen molar-refractivity contribution < 1.29 is 14.3 Å². The van der Waals surface area contributed by atoms with Crippen LogP contribution < -0.4 is 0 Å². The van der Waals surface area contributed by atoms with Gasteiger partial charge in [-0.25, -0.2) is 4.79 Å². The van der Waals surface area contributed by atoms with E-state index in [-0.39, 0.29) is 6.61 Å². The average molecular weight is 313 g/mol. The number of aromatic nitrogens is 3. The second kappa shape index (κ2) is 3.26. The summed E-state index contributed by atoms with van der Waals surface area (Å²) in [7, 11) is 0. The summed E-state index contributed by atoms with van der Waals surface area (Å²) in [5.41, 5.74) is 0. The van der Waals surface area contributed by atoms with E-state index in [1.807, 2.05) is 0 Å². The monoisotopic (exact) mass is 311 g/mol. The number of hydrogen-bond acceptors (Lipinski definition) is 5. The SMILES string of the molecule is O=C1OCC(n2nc(Br)nc2Br)O1. The highest BCUT2D eigenvalue weighted by molar-refractivity contribution is 9.11. The fraction of sp³-hybridized carbons (Fsp3) is 0.400. The van der Waals surface area contributed by atoms with Crippen molar-refractivity contribution in [2.75, 3.05) is 6.61 Å². The van der Waals surface area contributed by atoms with E-state index in [0.717, 1.165) is 0 Å². The molecule has 2 heterocycles. The van der Waals surface area contributed by atoms with E-state index in [2.05, 4.69) is 46.7 Å². The highest BCUT2D eigenvalue weighted by Gasteiger charge is 2.29. The molecule has 0 radical (unpaired) electrons. The number of halogens is 2. The molecule has 0 amide bonds. The molecule has 1 atom stereocenters. The van der Waals surface area contributed by atoms with Crippen LogP contribution in [0.4, 0.5) is 4.79 Å². The molecule has 0 aliphatic carbocycles. The Labute approximate surface area is 89.5 Å². The maximum absolute atomic E-state index is 10.6. The van der Waals surface area contributed by atoms with Gasteiger partial charge in [0.2, 0.25) is 11.0 Å². The Balaban J connectivity index is 2.25. The summed E-state index contributed by atoms with van der Waals surface area (Å²) in [6, 6.07) is 0. The van der Waals surface area contributed by atoms with Gasteiger partial charge in [-0.3, -0.25) is 0 Å². The van der Waals surface area contributed by atoms with Crippen LogP contribution in [0, 0.1) is 0 Å². The Morgan fingerprint density at radius 1 is 1.54 bits per heavy atom. The molecule has 0 N–H and O–H groups in total. The summed E-state index contributed by atoms with van der Waals surface area (Å²) in [5, 5.41) is 3.94. The van der Waals surface area contributed by atoms with Crippen LogP contribution in [-0.4, -0.2) is 27.5 Å². The van der Waals surface area contributed by atoms with E-state index in [4.69, 9.17) is 4.74 Å². The van der Waals surface area contributed by atoms with Gasteiger partial charge in [-0.2, -0.15) is 9.67 Å². The first-order valence-electron chi connectivity index (χ1n) is 3.28. The molecule has 0 bridgehead atoms. The minimum Gasteiger partial charge on any atom is -0.428 e. The summed E-state index contributed by atoms with van der Waals surface area (Å²) < 4.78 is 11.7. The number of ether oxygens (including phenoxy) is 2. The number of carbonyl (C=O) groups excluding carboxylic acids is 1. The standard InChI is InChI=1S/C5H3Br2N3O3/c6-3-8-4(7)10(9-3)2-1-12-5(11)13-2/h2H,1H2. The molecular weight excluding hydrogens is 310 g/mol. The maximum atomic E-state index is 10.6. The van der Waals surface area contributed by atoms with Gasteiger partial charge in [0.1, 0.15) is 0 Å². The first kappa shape index (κ1) is 8.95. The highest BCUT2D eigenvalue weighted by atomic mass is 79.9. The lowest BCUT2D eigenvalue weighted by Gasteiger charge is -2.05. The van der Waals surface area contributed by atoms with Crippen LogP contribution in [0.5, 0.6) is 0 Å². The van der Waals surface area contributed by atoms with Crippen molar-refractivity contribution in [1.82, 2.24) is 14.8 Å². The molecule has 1 aliphatic heterocycles. The topological polar surface area (TPSA) is 66.2 Å². The van der Waals surface area contributed by atoms with Gasteiger partial charge in [-0.15, -0.1) is 5.10 Å². The van der Waals surface area contributed by atoms with Gasteiger partial charge in [0, 0.05) is 0 Å². The normalized spacial score (nSPS) is 21.4. The molecule has 8 heteroatoms. The minimum atomic E-state index is -0.691. The van der Waals surface area contributed by atoms with Crippen LogP contribution in [-0.2, 0) is 9.47 Å². The molecule has 1 fully saturated rings. The van der Waals surface area contributed by atoms with Crippen LogP contribution >= 0.6 is 31.9 Å². The summed E-state index contributed by atoms with van der Waals surface area (Å²) in [6.07, 6.45) is -1.23. The van der Waals surface area contributed by atoms with Gasteiger partial charge in [0.05, 0.1) is 0 Å². The fourth-order valence-electron chi connectivity index (χ4n) is 0.902. The van der Waals surface area contributed by atoms with Gasteiger partial charge < -0.3 is 9.47 Å². The van der Waals surface area contributed by atoms with Gasteiger partial charge in [-0.1, -0.05) is 0 Å². The number of cyclic esters (lactones) is 2. The van der Waals surface area contributed by atoms with Crippen molar-refractivity contribution in [2.45, 2.75) is 6.23 Å². The molecule has 1 aliphatic rings. The molecule has 2 rings (SSSR count). The minimum absolute atomic E-state index is 0.146. The van der Waals surface area contributed by atoms with Crippen molar-refractivity contribution in [1.29, 1.82) is 0 Å². The lowest BCUT2D eigenvalue weighted by atomic mass is 10.6. The first-order chi connectivity index (χ1) is 6.16. The van der Waals surface area contributed by atoms with E-state index in [1.165, 1.54) is 4.68 Å². The van der Waals surface area contributed by atoms with Crippen molar-refractivity contribution in [2.24, 2.45) is 0 Å². The molecule has 1 unspecified atom stereocenters. The van der Waals surface area contributed by atoms with E-state index in [9.17, 15) is 4.79 Å². The second-order valence-corrected chi connectivity index (χ2v) is 3.65. The lowest BCUT2D eigenvalue weighted by molar-refractivity contribution is 0.0874. The molecule has 13 heavy (non-hydrogen) atoms. The van der Waals surface area contributed by atoms with E-state index in [1.54, 1.807) is 0 Å². The van der Waals surface area contributed by atoms with E-state index < -0.39 is 12.4 Å². The largest absolute Gasteiger partial charge is 0.510 e. The van der Waals surface area contributed by atoms with Gasteiger partial charge in [-0.05, 0) is 31.9 Å². The predicted octanol–water partition coefficient (Wildman–Crippen LogP) is 1.47. The van der Waals surface area contributed by atoms with E-state index in [0.29, 0.717) is 9.47 Å². The zero-order chi connectivity index (χ0) is 9.42. The lowest BCUT2D eigenvalue weighted by Crippen LogP contribution is -2.12. The molecule has 6 nitrogen and oxygen atoms in total. The second-order valence-electron chi connectivity index (χ2n) is 2.23. The number of hydrogen-bond donors (Lipinski definition) is 0. The fourth-order valence-corrected chi connectivity index (χ4v) is 1.95. The predicted molar refractivity (Wildman–Crippen MR) is 46.9 cm³/mol. The molecule has 70 valence electrons. The van der Waals surface area contributed by atoms with Crippen LogP contribution in [0.2, 0.25) is 0 Å². The molecule has 0 saturated carbocycles. The number of nitrogens with zero attached hydrogens (tertiary/aromatic N) is 3. The third-order valence-electron chi connectivity index (χ3n) is 1.41. The van der Waals surface area contributed by atoms with Gasteiger partial charge in [0.15, 0.2) is 11.3 Å². The zero-order valence-corrected chi connectivity index (χ0v) is 9.28. The highest BCUT2D eigenvalue weighted by Crippen LogP contribution is 2.22. The van der Waals surface area contributed by atoms with Crippen molar-refractivity contribution in [3.8, 4) is 0 Å². The van der Waals surface area contributed by atoms with Crippen molar-refractivity contribution >= 4 is 38.0 Å². The summed E-state index contributed by atoms with van der Waals surface area (Å²) in [4.78, 5) is 14.5. The molecular formula is C5H3Br2N3O3. The third-order valence-corrected chi connectivity index (χ3v) is 2.29. The van der Waals surface area contributed by atoms with Crippen molar-refractivity contribution in [3.05, 3.63) is 9.47 Å². The van der Waals surface area contributed by atoms with Gasteiger partial charge in [0.25, 0.3) is 0 Å². The van der Waals surface area contributed by atoms with Crippen molar-refractivity contribution in [3.63, 3.8) is 0 Å². The Hall–Kier alpha value is -0.630. The number of rotatable bonds is 1. The van der Waals surface area contributed by atoms with Crippen LogP contribution in [0.15, 0.2) is 9.47 Å². The summed E-state index contributed by atoms with van der Waals surface area (Å²) in [5.74, 6) is 0.